The largest absolute Gasteiger partial charge is 0.396 e. The van der Waals surface area contributed by atoms with Gasteiger partial charge in [0.2, 0.25) is 0 Å². The van der Waals surface area contributed by atoms with Crippen LogP contribution in [0.1, 0.15) is 47.7 Å². The maximum Gasteiger partial charge on any atom is 0.251 e. The molecule has 3 nitrogen and oxygen atoms in total. The number of aryl methyl sites for hydroxylation is 2. The molecule has 0 spiro atoms. The third kappa shape index (κ3) is 2.81. The number of aliphatic hydroxyl groups is 1. The lowest BCUT2D eigenvalue weighted by molar-refractivity contribution is 0.0830. The molecule has 1 aliphatic carbocycles. The van der Waals surface area contributed by atoms with Gasteiger partial charge >= 0.3 is 0 Å². The maximum atomic E-state index is 12.3. The van der Waals surface area contributed by atoms with Gasteiger partial charge in [0.25, 0.3) is 5.91 Å². The van der Waals surface area contributed by atoms with Gasteiger partial charge in [-0.3, -0.25) is 4.79 Å². The van der Waals surface area contributed by atoms with Crippen molar-refractivity contribution in [2.75, 3.05) is 6.61 Å². The average Bonchev–Trinajstić information content (AvgIpc) is 2.75. The number of nitrogens with one attached hydrogen (secondary N) is 1. The van der Waals surface area contributed by atoms with Crippen LogP contribution in [-0.4, -0.2) is 23.7 Å². The van der Waals surface area contributed by atoms with Crippen LogP contribution >= 0.6 is 0 Å². The van der Waals surface area contributed by atoms with Crippen LogP contribution in [0, 0.1) is 19.3 Å². The van der Waals surface area contributed by atoms with Crippen molar-refractivity contribution in [2.24, 2.45) is 5.41 Å². The predicted molar refractivity (Wildman–Crippen MR) is 76.2 cm³/mol. The van der Waals surface area contributed by atoms with Crippen LogP contribution in [0.2, 0.25) is 0 Å². The van der Waals surface area contributed by atoms with Gasteiger partial charge in [-0.2, -0.15) is 0 Å². The van der Waals surface area contributed by atoms with Crippen LogP contribution in [0.25, 0.3) is 0 Å². The summed E-state index contributed by atoms with van der Waals surface area (Å²) in [5.74, 6) is -0.0327. The standard InChI is InChI=1S/C16H23NO2/c1-11-6-7-13(9-12(11)2)15(19)17-14-5-4-8-16(14,3)10-18/h6-7,9,14,18H,4-5,8,10H2,1-3H3,(H,17,19). The fourth-order valence-corrected chi connectivity index (χ4v) is 2.79. The van der Waals surface area contributed by atoms with E-state index >= 15 is 0 Å². The predicted octanol–water partition coefficient (Wildman–Crippen LogP) is 2.58. The van der Waals surface area contributed by atoms with Crippen molar-refractivity contribution in [3.63, 3.8) is 0 Å². The number of rotatable bonds is 3. The zero-order valence-electron chi connectivity index (χ0n) is 12.0. The van der Waals surface area contributed by atoms with Gasteiger partial charge in [0.05, 0.1) is 6.61 Å². The van der Waals surface area contributed by atoms with E-state index in [1.165, 1.54) is 5.56 Å². The van der Waals surface area contributed by atoms with E-state index < -0.39 is 0 Å². The van der Waals surface area contributed by atoms with Crippen LogP contribution in [0.4, 0.5) is 0 Å². The molecule has 1 saturated carbocycles. The summed E-state index contributed by atoms with van der Waals surface area (Å²) in [6.45, 7) is 6.23. The summed E-state index contributed by atoms with van der Waals surface area (Å²) in [6, 6.07) is 5.84. The molecule has 0 aromatic heterocycles. The fraction of sp³-hybridized carbons (Fsp3) is 0.562. The SMILES string of the molecule is Cc1ccc(C(=O)NC2CCCC2(C)CO)cc1C. The van der Waals surface area contributed by atoms with Crippen molar-refractivity contribution < 1.29 is 9.90 Å². The Morgan fingerprint density at radius 2 is 2.16 bits per heavy atom. The normalized spacial score (nSPS) is 26.4. The first-order valence-corrected chi connectivity index (χ1v) is 6.95. The van der Waals surface area contributed by atoms with Crippen LogP contribution in [0.3, 0.4) is 0 Å². The Hall–Kier alpha value is -1.35. The van der Waals surface area contributed by atoms with Crippen molar-refractivity contribution in [3.8, 4) is 0 Å². The molecule has 1 amide bonds. The van der Waals surface area contributed by atoms with E-state index in [1.54, 1.807) is 0 Å². The molecule has 1 fully saturated rings. The smallest absolute Gasteiger partial charge is 0.251 e. The third-order valence-corrected chi connectivity index (χ3v) is 4.52. The van der Waals surface area contributed by atoms with Crippen molar-refractivity contribution in [1.82, 2.24) is 5.32 Å². The molecule has 0 saturated heterocycles. The number of hydrogen-bond acceptors (Lipinski definition) is 2. The molecule has 104 valence electrons. The highest BCUT2D eigenvalue weighted by Gasteiger charge is 2.39. The van der Waals surface area contributed by atoms with Crippen LogP contribution in [-0.2, 0) is 0 Å². The third-order valence-electron chi connectivity index (χ3n) is 4.52. The zero-order chi connectivity index (χ0) is 14.0. The van der Waals surface area contributed by atoms with E-state index in [9.17, 15) is 9.90 Å². The lowest BCUT2D eigenvalue weighted by Gasteiger charge is -2.30. The first kappa shape index (κ1) is 14.1. The van der Waals surface area contributed by atoms with Gasteiger partial charge in [0, 0.05) is 17.0 Å². The first-order chi connectivity index (χ1) is 8.96. The molecule has 3 heteroatoms. The molecule has 2 rings (SSSR count). The second-order valence-corrected chi connectivity index (χ2v) is 6.03. The number of aliphatic hydroxyl groups excluding tert-OH is 1. The molecule has 1 aromatic rings. The number of carbonyl (C=O) groups is 1. The molecule has 0 aliphatic heterocycles. The molecular formula is C16H23NO2. The van der Waals surface area contributed by atoms with Gasteiger partial charge in [-0.15, -0.1) is 0 Å². The van der Waals surface area contributed by atoms with Gasteiger partial charge in [-0.25, -0.2) is 0 Å². The first-order valence-electron chi connectivity index (χ1n) is 6.95. The monoisotopic (exact) mass is 261 g/mol. The molecule has 0 heterocycles. The topological polar surface area (TPSA) is 49.3 Å². The van der Waals surface area contributed by atoms with Crippen molar-refractivity contribution in [1.29, 1.82) is 0 Å². The number of hydrogen-bond donors (Lipinski definition) is 2. The Labute approximate surface area is 115 Å². The minimum atomic E-state index is -0.171. The Kier molecular flexibility index (Phi) is 3.95. The molecule has 19 heavy (non-hydrogen) atoms. The number of amides is 1. The maximum absolute atomic E-state index is 12.3. The molecule has 2 unspecified atom stereocenters. The van der Waals surface area contributed by atoms with Crippen LogP contribution < -0.4 is 5.32 Å². The van der Waals surface area contributed by atoms with E-state index in [0.717, 1.165) is 24.8 Å². The molecule has 2 atom stereocenters. The van der Waals surface area contributed by atoms with Gasteiger partial charge in [0.1, 0.15) is 0 Å². The highest BCUT2D eigenvalue weighted by molar-refractivity contribution is 5.94. The molecule has 1 aromatic carbocycles. The number of benzene rings is 1. The zero-order valence-corrected chi connectivity index (χ0v) is 12.0. The number of carbonyl (C=O) groups excluding carboxylic acids is 1. The van der Waals surface area contributed by atoms with E-state index in [0.29, 0.717) is 5.56 Å². The summed E-state index contributed by atoms with van der Waals surface area (Å²) in [4.78, 5) is 12.3. The van der Waals surface area contributed by atoms with Gasteiger partial charge in [-0.05, 0) is 49.9 Å². The average molecular weight is 261 g/mol. The summed E-state index contributed by atoms with van der Waals surface area (Å²) < 4.78 is 0. The Morgan fingerprint density at radius 3 is 2.79 bits per heavy atom. The highest BCUT2D eigenvalue weighted by Crippen LogP contribution is 2.37. The second-order valence-electron chi connectivity index (χ2n) is 6.03. The summed E-state index contributed by atoms with van der Waals surface area (Å²) in [7, 11) is 0. The molecule has 2 N–H and O–H groups in total. The van der Waals surface area contributed by atoms with E-state index in [1.807, 2.05) is 39.0 Å². The lowest BCUT2D eigenvalue weighted by Crippen LogP contribution is -2.44. The summed E-state index contributed by atoms with van der Waals surface area (Å²) in [6.07, 6.45) is 2.99. The van der Waals surface area contributed by atoms with Gasteiger partial charge in [-0.1, -0.05) is 19.4 Å². The summed E-state index contributed by atoms with van der Waals surface area (Å²) in [5.41, 5.74) is 2.85. The summed E-state index contributed by atoms with van der Waals surface area (Å²) in [5, 5.41) is 12.6. The summed E-state index contributed by atoms with van der Waals surface area (Å²) >= 11 is 0. The van der Waals surface area contributed by atoms with Gasteiger partial charge in [0.15, 0.2) is 0 Å². The minimum Gasteiger partial charge on any atom is -0.396 e. The second kappa shape index (κ2) is 5.33. The lowest BCUT2D eigenvalue weighted by atomic mass is 9.85. The van der Waals surface area contributed by atoms with E-state index in [4.69, 9.17) is 0 Å². The quantitative estimate of drug-likeness (QED) is 0.878. The van der Waals surface area contributed by atoms with Crippen LogP contribution in [0.15, 0.2) is 18.2 Å². The molecule has 0 radical (unpaired) electrons. The van der Waals surface area contributed by atoms with Gasteiger partial charge < -0.3 is 10.4 Å². The Balaban J connectivity index is 2.10. The Morgan fingerprint density at radius 1 is 1.42 bits per heavy atom. The van der Waals surface area contributed by atoms with E-state index in [-0.39, 0.29) is 24.0 Å². The van der Waals surface area contributed by atoms with E-state index in [2.05, 4.69) is 5.32 Å². The fourth-order valence-electron chi connectivity index (χ4n) is 2.79. The molecule has 1 aliphatic rings. The van der Waals surface area contributed by atoms with Crippen LogP contribution in [0.5, 0.6) is 0 Å². The van der Waals surface area contributed by atoms with Crippen molar-refractivity contribution in [2.45, 2.75) is 46.1 Å². The van der Waals surface area contributed by atoms with Crippen molar-refractivity contribution >= 4 is 5.91 Å². The minimum absolute atomic E-state index is 0.0327. The molecule has 0 bridgehead atoms. The molecular weight excluding hydrogens is 238 g/mol. The highest BCUT2D eigenvalue weighted by atomic mass is 16.3. The Bertz CT molecular complexity index is 484. The van der Waals surface area contributed by atoms with Crippen molar-refractivity contribution in [3.05, 3.63) is 34.9 Å².